The molecule has 0 heterocycles. The van der Waals surface area contributed by atoms with Crippen LogP contribution in [0.2, 0.25) is 0 Å². The Labute approximate surface area is 85.3 Å². The van der Waals surface area contributed by atoms with E-state index in [-0.39, 0.29) is 12.6 Å². The Morgan fingerprint density at radius 2 is 2.38 bits per heavy atom. The third-order valence-electron chi connectivity index (χ3n) is 1.39. The largest absolute Gasteiger partial charge is 0.458 e. The van der Waals surface area contributed by atoms with Crippen molar-refractivity contribution in [3.63, 3.8) is 0 Å². The van der Waals surface area contributed by atoms with Crippen LogP contribution in [0.15, 0.2) is 41.4 Å². The average Bonchev–Trinajstić information content (AvgIpc) is 2.14. The minimum atomic E-state index is -0.332. The van der Waals surface area contributed by atoms with E-state index in [4.69, 9.17) is 4.74 Å². The maximum Gasteiger partial charge on any atom is 0.338 e. The molecule has 1 aromatic rings. The normalized spacial score (nSPS) is 9.31. The van der Waals surface area contributed by atoms with E-state index in [0.29, 0.717) is 5.56 Å². The number of carbonyl (C=O) groups is 1. The van der Waals surface area contributed by atoms with Gasteiger partial charge in [-0.1, -0.05) is 34.7 Å². The van der Waals surface area contributed by atoms with Crippen molar-refractivity contribution in [1.82, 2.24) is 0 Å². The van der Waals surface area contributed by atoms with Crippen molar-refractivity contribution in [3.8, 4) is 0 Å². The predicted octanol–water partition coefficient (Wildman–Crippen LogP) is 2.79. The maximum atomic E-state index is 11.3. The van der Waals surface area contributed by atoms with Gasteiger partial charge in [0, 0.05) is 4.47 Å². The summed E-state index contributed by atoms with van der Waals surface area (Å²) in [6.07, 6.45) is 1.54. The number of halogens is 1. The quantitative estimate of drug-likeness (QED) is 0.600. The van der Waals surface area contributed by atoms with Gasteiger partial charge < -0.3 is 4.74 Å². The molecule has 0 bridgehead atoms. The highest BCUT2D eigenvalue weighted by atomic mass is 79.9. The summed E-state index contributed by atoms with van der Waals surface area (Å²) in [6.45, 7) is 3.70. The molecule has 2 nitrogen and oxygen atoms in total. The van der Waals surface area contributed by atoms with Gasteiger partial charge in [0.1, 0.15) is 6.61 Å². The summed E-state index contributed by atoms with van der Waals surface area (Å²) in [6, 6.07) is 7.06. The number of ether oxygens (including phenoxy) is 1. The molecule has 0 saturated carbocycles. The summed E-state index contributed by atoms with van der Waals surface area (Å²) in [4.78, 5) is 11.3. The molecule has 0 radical (unpaired) electrons. The van der Waals surface area contributed by atoms with Crippen molar-refractivity contribution < 1.29 is 9.53 Å². The van der Waals surface area contributed by atoms with E-state index in [9.17, 15) is 4.79 Å². The summed E-state index contributed by atoms with van der Waals surface area (Å²) >= 11 is 3.27. The number of rotatable bonds is 3. The van der Waals surface area contributed by atoms with Crippen molar-refractivity contribution in [2.45, 2.75) is 0 Å². The first-order valence-corrected chi connectivity index (χ1v) is 4.57. The van der Waals surface area contributed by atoms with E-state index in [1.54, 1.807) is 18.2 Å². The van der Waals surface area contributed by atoms with Crippen molar-refractivity contribution in [1.29, 1.82) is 0 Å². The highest BCUT2D eigenvalue weighted by Crippen LogP contribution is 2.12. The fourth-order valence-corrected chi connectivity index (χ4v) is 1.23. The smallest absolute Gasteiger partial charge is 0.338 e. The lowest BCUT2D eigenvalue weighted by atomic mass is 10.2. The molecule has 0 aliphatic rings. The van der Waals surface area contributed by atoms with Gasteiger partial charge in [-0.25, -0.2) is 4.79 Å². The van der Waals surface area contributed by atoms with Gasteiger partial charge in [0.2, 0.25) is 0 Å². The molecule has 0 aromatic heterocycles. The Balaban J connectivity index is 2.71. The molecule has 0 atom stereocenters. The second kappa shape index (κ2) is 4.82. The molecule has 3 heteroatoms. The van der Waals surface area contributed by atoms with Crippen LogP contribution >= 0.6 is 15.9 Å². The molecule has 0 unspecified atom stereocenters. The van der Waals surface area contributed by atoms with E-state index in [2.05, 4.69) is 22.5 Å². The Morgan fingerprint density at radius 3 is 3.00 bits per heavy atom. The molecule has 0 saturated heterocycles. The lowest BCUT2D eigenvalue weighted by molar-refractivity contribution is 0.0549. The van der Waals surface area contributed by atoms with Crippen LogP contribution < -0.4 is 0 Å². The van der Waals surface area contributed by atoms with Gasteiger partial charge in [0.25, 0.3) is 0 Å². The van der Waals surface area contributed by atoms with E-state index < -0.39 is 0 Å². The standard InChI is InChI=1S/C10H9BrO2/c1-2-6-13-10(12)8-4-3-5-9(11)7-8/h2-5,7H,1,6H2. The molecule has 0 N–H and O–H groups in total. The molecule has 0 amide bonds. The lowest BCUT2D eigenvalue weighted by Crippen LogP contribution is -2.04. The molecule has 0 spiro atoms. The Kier molecular flexibility index (Phi) is 3.71. The number of hydrogen-bond acceptors (Lipinski definition) is 2. The van der Waals surface area contributed by atoms with Gasteiger partial charge in [-0.3, -0.25) is 0 Å². The van der Waals surface area contributed by atoms with E-state index in [1.807, 2.05) is 6.07 Å². The van der Waals surface area contributed by atoms with Gasteiger partial charge >= 0.3 is 5.97 Å². The topological polar surface area (TPSA) is 26.3 Å². The van der Waals surface area contributed by atoms with Gasteiger partial charge in [-0.15, -0.1) is 0 Å². The Hall–Kier alpha value is -1.09. The summed E-state index contributed by atoms with van der Waals surface area (Å²) in [5.74, 6) is -0.332. The molecule has 68 valence electrons. The minimum Gasteiger partial charge on any atom is -0.458 e. The Morgan fingerprint density at radius 1 is 1.62 bits per heavy atom. The first kappa shape index (κ1) is 9.99. The summed E-state index contributed by atoms with van der Waals surface area (Å²) < 4.78 is 5.72. The molecular formula is C10H9BrO2. The molecule has 13 heavy (non-hydrogen) atoms. The monoisotopic (exact) mass is 240 g/mol. The Bertz CT molecular complexity index is 320. The van der Waals surface area contributed by atoms with Crippen LogP contribution in [0.1, 0.15) is 10.4 Å². The summed E-state index contributed by atoms with van der Waals surface area (Å²) in [5.41, 5.74) is 0.538. The lowest BCUT2D eigenvalue weighted by Gasteiger charge is -2.01. The van der Waals surface area contributed by atoms with Crippen molar-refractivity contribution in [2.24, 2.45) is 0 Å². The van der Waals surface area contributed by atoms with Crippen LogP contribution in [0.5, 0.6) is 0 Å². The fraction of sp³-hybridized carbons (Fsp3) is 0.100. The van der Waals surface area contributed by atoms with E-state index in [0.717, 1.165) is 4.47 Å². The third kappa shape index (κ3) is 3.03. The highest BCUT2D eigenvalue weighted by molar-refractivity contribution is 9.10. The minimum absolute atomic E-state index is 0.241. The molecule has 0 aliphatic carbocycles. The van der Waals surface area contributed by atoms with Crippen molar-refractivity contribution in [2.75, 3.05) is 6.61 Å². The summed E-state index contributed by atoms with van der Waals surface area (Å²) in [7, 11) is 0. The fourth-order valence-electron chi connectivity index (χ4n) is 0.833. The SMILES string of the molecule is C=CCOC(=O)c1cccc(Br)c1. The third-order valence-corrected chi connectivity index (χ3v) is 1.89. The van der Waals surface area contributed by atoms with Crippen LogP contribution in [0.3, 0.4) is 0 Å². The maximum absolute atomic E-state index is 11.3. The molecule has 0 aliphatic heterocycles. The molecule has 1 aromatic carbocycles. The van der Waals surface area contributed by atoms with Gasteiger partial charge in [-0.05, 0) is 18.2 Å². The molecular weight excluding hydrogens is 232 g/mol. The van der Waals surface area contributed by atoms with E-state index >= 15 is 0 Å². The second-order valence-electron chi connectivity index (χ2n) is 2.40. The van der Waals surface area contributed by atoms with Crippen LogP contribution in [0.25, 0.3) is 0 Å². The van der Waals surface area contributed by atoms with Crippen LogP contribution in [0.4, 0.5) is 0 Å². The van der Waals surface area contributed by atoms with E-state index in [1.165, 1.54) is 6.08 Å². The summed E-state index contributed by atoms with van der Waals surface area (Å²) in [5, 5.41) is 0. The number of esters is 1. The van der Waals surface area contributed by atoms with Crippen molar-refractivity contribution >= 4 is 21.9 Å². The zero-order chi connectivity index (χ0) is 9.68. The number of carbonyl (C=O) groups excluding carboxylic acids is 1. The van der Waals surface area contributed by atoms with Crippen molar-refractivity contribution in [3.05, 3.63) is 47.0 Å². The predicted molar refractivity (Wildman–Crippen MR) is 54.6 cm³/mol. The van der Waals surface area contributed by atoms with Gasteiger partial charge in [0.15, 0.2) is 0 Å². The molecule has 1 rings (SSSR count). The first-order chi connectivity index (χ1) is 6.24. The number of hydrogen-bond donors (Lipinski definition) is 0. The molecule has 0 fully saturated rings. The zero-order valence-corrected chi connectivity index (χ0v) is 8.58. The van der Waals surface area contributed by atoms with Gasteiger partial charge in [0.05, 0.1) is 5.56 Å². The first-order valence-electron chi connectivity index (χ1n) is 3.77. The van der Waals surface area contributed by atoms with Crippen LogP contribution in [0, 0.1) is 0 Å². The second-order valence-corrected chi connectivity index (χ2v) is 3.31. The van der Waals surface area contributed by atoms with Crippen LogP contribution in [-0.4, -0.2) is 12.6 Å². The number of benzene rings is 1. The zero-order valence-electron chi connectivity index (χ0n) is 7.00. The van der Waals surface area contributed by atoms with Gasteiger partial charge in [-0.2, -0.15) is 0 Å². The van der Waals surface area contributed by atoms with Crippen LogP contribution in [-0.2, 0) is 4.74 Å². The average molecular weight is 241 g/mol. The highest BCUT2D eigenvalue weighted by Gasteiger charge is 2.05.